The summed E-state index contributed by atoms with van der Waals surface area (Å²) in [4.78, 5) is 10.6. The molecule has 0 atom stereocenters. The van der Waals surface area contributed by atoms with Crippen molar-refractivity contribution in [3.05, 3.63) is 182 Å². The molecule has 0 aliphatic heterocycles. The number of para-hydroxylation sites is 4. The Bertz CT molecular complexity index is 3740. The van der Waals surface area contributed by atoms with Crippen molar-refractivity contribution in [3.63, 3.8) is 0 Å². The van der Waals surface area contributed by atoms with E-state index in [-0.39, 0.29) is 0 Å². The molecule has 264 valence electrons. The summed E-state index contributed by atoms with van der Waals surface area (Å²) in [6, 6.07) is 64.9. The maximum absolute atomic E-state index is 6.48. The van der Waals surface area contributed by atoms with Gasteiger partial charge >= 0.3 is 0 Å². The minimum atomic E-state index is 0.567. The van der Waals surface area contributed by atoms with Crippen molar-refractivity contribution in [1.82, 2.24) is 18.9 Å². The van der Waals surface area contributed by atoms with Gasteiger partial charge in [-0.15, -0.1) is 0 Å². The molecule has 5 nitrogen and oxygen atoms in total. The molecule has 0 bridgehead atoms. The van der Waals surface area contributed by atoms with Crippen LogP contribution in [0, 0.1) is 0 Å². The Labute approximate surface area is 325 Å². The molecule has 0 N–H and O–H groups in total. The number of rotatable bonds is 4. The number of hydrogen-bond donors (Lipinski definition) is 0. The van der Waals surface area contributed by atoms with E-state index in [2.05, 4.69) is 167 Å². The molecule has 0 aliphatic carbocycles. The third kappa shape index (κ3) is 4.28. The van der Waals surface area contributed by atoms with Crippen molar-refractivity contribution in [1.29, 1.82) is 0 Å². The van der Waals surface area contributed by atoms with E-state index in [9.17, 15) is 0 Å². The van der Waals surface area contributed by atoms with Crippen LogP contribution in [-0.2, 0) is 0 Å². The number of furan rings is 1. The molecule has 0 spiro atoms. The average molecular weight is 727 g/mol. The summed E-state index contributed by atoms with van der Waals surface area (Å²) < 4.78 is 11.1. The largest absolute Gasteiger partial charge is 0.437 e. The molecule has 57 heavy (non-hydrogen) atoms. The fraction of sp³-hybridized carbons (Fsp3) is 0. The number of hydrogen-bond acceptors (Lipinski definition) is 3. The molecule has 0 aliphatic rings. The predicted octanol–water partition coefficient (Wildman–Crippen LogP) is 13.6. The van der Waals surface area contributed by atoms with Crippen molar-refractivity contribution in [2.45, 2.75) is 0 Å². The van der Waals surface area contributed by atoms with Gasteiger partial charge in [-0.05, 0) is 64.7 Å². The second-order valence-electron chi connectivity index (χ2n) is 15.0. The molecular formula is C52H30N4O. The number of fused-ring (bicyclic) bond motifs is 12. The standard InChI is InChI=1S/C52H30N4O/c1-2-11-31(12-3-1)32-21-23-33(24-22-32)49-48-40-15-6-9-20-47(40)57-51(48)54-52(53-49)56-44-19-8-5-14-37(44)41-29-34(26-28-46(41)56)35-25-27-45-42(30-35)39-17-10-16-38-36-13-4-7-18-43(36)55(45)50(38)39/h1-30H. The quantitative estimate of drug-likeness (QED) is 0.181. The molecule has 0 amide bonds. The van der Waals surface area contributed by atoms with Gasteiger partial charge in [0.05, 0.1) is 38.7 Å². The molecule has 0 saturated carbocycles. The molecule has 13 rings (SSSR count). The van der Waals surface area contributed by atoms with Crippen LogP contribution in [0.25, 0.3) is 121 Å². The zero-order valence-corrected chi connectivity index (χ0v) is 30.5. The topological polar surface area (TPSA) is 48.3 Å². The van der Waals surface area contributed by atoms with Gasteiger partial charge in [-0.2, -0.15) is 4.98 Å². The van der Waals surface area contributed by atoms with Gasteiger partial charge in [-0.1, -0.05) is 140 Å². The Hall–Kier alpha value is -7.76. The summed E-state index contributed by atoms with van der Waals surface area (Å²) in [7, 11) is 0. The lowest BCUT2D eigenvalue weighted by molar-refractivity contribution is 0.651. The first-order chi connectivity index (χ1) is 28.3. The van der Waals surface area contributed by atoms with E-state index < -0.39 is 0 Å². The monoisotopic (exact) mass is 726 g/mol. The molecule has 13 aromatic rings. The summed E-state index contributed by atoms with van der Waals surface area (Å²) in [5.41, 5.74) is 13.7. The van der Waals surface area contributed by atoms with Gasteiger partial charge < -0.3 is 8.82 Å². The Morgan fingerprint density at radius 2 is 0.895 bits per heavy atom. The molecule has 8 aromatic carbocycles. The van der Waals surface area contributed by atoms with Crippen LogP contribution in [0.5, 0.6) is 0 Å². The molecule has 0 unspecified atom stereocenters. The first kappa shape index (κ1) is 30.6. The summed E-state index contributed by atoms with van der Waals surface area (Å²) in [6.07, 6.45) is 0. The van der Waals surface area contributed by atoms with Gasteiger partial charge in [0.25, 0.3) is 0 Å². The fourth-order valence-electron chi connectivity index (χ4n) is 9.35. The van der Waals surface area contributed by atoms with Crippen LogP contribution >= 0.6 is 0 Å². The second-order valence-corrected chi connectivity index (χ2v) is 15.0. The Morgan fingerprint density at radius 1 is 0.368 bits per heavy atom. The summed E-state index contributed by atoms with van der Waals surface area (Å²) in [5.74, 6) is 0.572. The lowest BCUT2D eigenvalue weighted by atomic mass is 10.00. The minimum absolute atomic E-state index is 0.567. The molecule has 5 heterocycles. The third-order valence-electron chi connectivity index (χ3n) is 11.9. The lowest BCUT2D eigenvalue weighted by Gasteiger charge is -2.10. The van der Waals surface area contributed by atoms with E-state index in [1.54, 1.807) is 0 Å². The zero-order chi connectivity index (χ0) is 37.2. The summed E-state index contributed by atoms with van der Waals surface area (Å²) in [6.45, 7) is 0. The summed E-state index contributed by atoms with van der Waals surface area (Å²) in [5, 5.41) is 9.33. The molecule has 5 aromatic heterocycles. The average Bonchev–Trinajstić information content (AvgIpc) is 4.02. The van der Waals surface area contributed by atoms with Crippen LogP contribution in [0.4, 0.5) is 0 Å². The van der Waals surface area contributed by atoms with Crippen molar-refractivity contribution in [2.24, 2.45) is 0 Å². The van der Waals surface area contributed by atoms with Gasteiger partial charge in [0, 0.05) is 43.3 Å². The molecule has 5 heteroatoms. The predicted molar refractivity (Wildman–Crippen MR) is 235 cm³/mol. The number of aromatic nitrogens is 4. The first-order valence-corrected chi connectivity index (χ1v) is 19.3. The maximum Gasteiger partial charge on any atom is 0.238 e. The van der Waals surface area contributed by atoms with Gasteiger partial charge in [0.2, 0.25) is 11.7 Å². The normalized spacial score (nSPS) is 12.2. The highest BCUT2D eigenvalue weighted by atomic mass is 16.3. The molecule has 0 radical (unpaired) electrons. The Balaban J connectivity index is 1.01. The van der Waals surface area contributed by atoms with Crippen molar-refractivity contribution in [3.8, 4) is 39.5 Å². The van der Waals surface area contributed by atoms with Crippen molar-refractivity contribution < 1.29 is 4.42 Å². The van der Waals surface area contributed by atoms with Gasteiger partial charge in [0.1, 0.15) is 5.58 Å². The van der Waals surface area contributed by atoms with Crippen LogP contribution in [0.3, 0.4) is 0 Å². The minimum Gasteiger partial charge on any atom is -0.437 e. The smallest absolute Gasteiger partial charge is 0.238 e. The maximum atomic E-state index is 6.48. The fourth-order valence-corrected chi connectivity index (χ4v) is 9.35. The third-order valence-corrected chi connectivity index (χ3v) is 11.9. The van der Waals surface area contributed by atoms with E-state index in [1.165, 1.54) is 49.2 Å². The van der Waals surface area contributed by atoms with Gasteiger partial charge in [-0.3, -0.25) is 4.57 Å². The van der Waals surface area contributed by atoms with E-state index in [0.29, 0.717) is 11.7 Å². The van der Waals surface area contributed by atoms with Crippen LogP contribution in [0.1, 0.15) is 0 Å². The van der Waals surface area contributed by atoms with Crippen molar-refractivity contribution >= 4 is 82.0 Å². The molecule has 0 saturated heterocycles. The zero-order valence-electron chi connectivity index (χ0n) is 30.5. The van der Waals surface area contributed by atoms with Crippen molar-refractivity contribution in [2.75, 3.05) is 0 Å². The van der Waals surface area contributed by atoms with E-state index in [1.807, 2.05) is 24.3 Å². The van der Waals surface area contributed by atoms with E-state index >= 15 is 0 Å². The highest BCUT2D eigenvalue weighted by Gasteiger charge is 2.22. The Kier molecular flexibility index (Phi) is 6.10. The number of benzene rings is 8. The van der Waals surface area contributed by atoms with Crippen LogP contribution in [0.15, 0.2) is 186 Å². The van der Waals surface area contributed by atoms with E-state index in [4.69, 9.17) is 14.4 Å². The highest BCUT2D eigenvalue weighted by Crippen LogP contribution is 2.42. The lowest BCUT2D eigenvalue weighted by Crippen LogP contribution is -2.02. The number of nitrogens with zero attached hydrogens (tertiary/aromatic N) is 4. The van der Waals surface area contributed by atoms with Crippen LogP contribution in [-0.4, -0.2) is 18.9 Å². The van der Waals surface area contributed by atoms with Gasteiger partial charge in [0.15, 0.2) is 0 Å². The highest BCUT2D eigenvalue weighted by molar-refractivity contribution is 6.23. The molecular weight excluding hydrogens is 697 g/mol. The van der Waals surface area contributed by atoms with Gasteiger partial charge in [-0.25, -0.2) is 4.98 Å². The Morgan fingerprint density at radius 3 is 1.68 bits per heavy atom. The van der Waals surface area contributed by atoms with E-state index in [0.717, 1.165) is 60.5 Å². The van der Waals surface area contributed by atoms with Crippen LogP contribution in [0.2, 0.25) is 0 Å². The SMILES string of the molecule is c1ccc(-c2ccc(-c3nc(-n4c5ccccc5c5cc(-c6ccc7c(c6)c6cccc8c9ccccc9n7c86)ccc54)nc4oc5ccccc5c34)cc2)cc1. The summed E-state index contributed by atoms with van der Waals surface area (Å²) >= 11 is 0. The first-order valence-electron chi connectivity index (χ1n) is 19.3. The second kappa shape index (κ2) is 11.4. The van der Waals surface area contributed by atoms with Crippen LogP contribution < -0.4 is 0 Å². The molecule has 0 fully saturated rings.